The molecule has 14 heteroatoms. The number of non-ortho nitro benzene ring substituents is 1. The van der Waals surface area contributed by atoms with Crippen LogP contribution < -0.4 is 5.32 Å². The van der Waals surface area contributed by atoms with Gasteiger partial charge in [0, 0.05) is 36.3 Å². The largest absolute Gasteiger partial charge is 0.481 e. The van der Waals surface area contributed by atoms with Crippen molar-refractivity contribution in [2.45, 2.75) is 18.6 Å². The first-order valence-corrected chi connectivity index (χ1v) is 12.8. The van der Waals surface area contributed by atoms with Gasteiger partial charge in [0.25, 0.3) is 23.4 Å². The van der Waals surface area contributed by atoms with Gasteiger partial charge in [-0.15, -0.1) is 0 Å². The molecule has 2 atom stereocenters. The fourth-order valence-electron chi connectivity index (χ4n) is 4.42. The number of hydrogen-bond donors (Lipinski definition) is 2. The molecule has 1 aliphatic rings. The number of nitrogens with zero attached hydrogens (tertiary/aromatic N) is 3. The molecule has 11 nitrogen and oxygen atoms in total. The molecule has 212 valence electrons. The lowest BCUT2D eigenvalue weighted by Gasteiger charge is -2.31. The minimum absolute atomic E-state index is 0.0717. The summed E-state index contributed by atoms with van der Waals surface area (Å²) in [6.07, 6.45) is -2.15. The van der Waals surface area contributed by atoms with Crippen molar-refractivity contribution in [3.63, 3.8) is 0 Å². The summed E-state index contributed by atoms with van der Waals surface area (Å²) >= 11 is 12.0. The van der Waals surface area contributed by atoms with Gasteiger partial charge in [-0.1, -0.05) is 41.4 Å². The Morgan fingerprint density at radius 2 is 1.56 bits per heavy atom. The standard InChI is InChI=1S/C27H21Cl2FN4O7/c28-20-9-6-17(13-21(20)29)27(39)33-11-10-32(26(38)16-2-1-3-19(12-16)34(40)41)25(33)24(37)31-22(14-23(35)36)15-4-7-18(30)8-5-15/h1-9,12-13,22,25H,10-11,14H2,(H,31,37)(H,35,36). The summed E-state index contributed by atoms with van der Waals surface area (Å²) < 4.78 is 13.5. The van der Waals surface area contributed by atoms with Crippen molar-refractivity contribution in [3.05, 3.63) is 109 Å². The van der Waals surface area contributed by atoms with Crippen LogP contribution in [0.1, 0.15) is 38.7 Å². The Morgan fingerprint density at radius 3 is 2.12 bits per heavy atom. The first-order chi connectivity index (χ1) is 19.5. The van der Waals surface area contributed by atoms with Gasteiger partial charge >= 0.3 is 5.97 Å². The van der Waals surface area contributed by atoms with Gasteiger partial charge < -0.3 is 20.2 Å². The van der Waals surface area contributed by atoms with Crippen LogP contribution in [0.25, 0.3) is 0 Å². The number of benzene rings is 3. The molecule has 0 aliphatic carbocycles. The van der Waals surface area contributed by atoms with Crippen LogP contribution in [0.5, 0.6) is 0 Å². The van der Waals surface area contributed by atoms with Gasteiger partial charge in [0.1, 0.15) is 5.82 Å². The number of nitro benzene ring substituents is 1. The van der Waals surface area contributed by atoms with Crippen molar-refractivity contribution >= 4 is 52.6 Å². The highest BCUT2D eigenvalue weighted by atomic mass is 35.5. The van der Waals surface area contributed by atoms with E-state index >= 15 is 0 Å². The van der Waals surface area contributed by atoms with E-state index in [2.05, 4.69) is 5.32 Å². The number of carboxylic acids is 1. The number of halogens is 3. The summed E-state index contributed by atoms with van der Waals surface area (Å²) in [6.45, 7) is -0.217. The van der Waals surface area contributed by atoms with Gasteiger partial charge in [-0.3, -0.25) is 29.3 Å². The summed E-state index contributed by atoms with van der Waals surface area (Å²) in [5.74, 6) is -4.17. The second kappa shape index (κ2) is 12.3. The van der Waals surface area contributed by atoms with E-state index < -0.39 is 53.1 Å². The average Bonchev–Trinajstić information content (AvgIpc) is 3.39. The number of rotatable bonds is 8. The van der Waals surface area contributed by atoms with Crippen molar-refractivity contribution in [1.29, 1.82) is 0 Å². The smallest absolute Gasteiger partial charge is 0.305 e. The molecule has 3 amide bonds. The fourth-order valence-corrected chi connectivity index (χ4v) is 4.72. The highest BCUT2D eigenvalue weighted by molar-refractivity contribution is 6.42. The van der Waals surface area contributed by atoms with Crippen LogP contribution in [0.4, 0.5) is 10.1 Å². The predicted molar refractivity (Wildman–Crippen MR) is 145 cm³/mol. The van der Waals surface area contributed by atoms with E-state index in [-0.39, 0.29) is 45.5 Å². The van der Waals surface area contributed by atoms with Crippen molar-refractivity contribution < 1.29 is 33.6 Å². The summed E-state index contributed by atoms with van der Waals surface area (Å²) in [4.78, 5) is 65.1. The maximum atomic E-state index is 13.7. The maximum absolute atomic E-state index is 13.7. The number of aliphatic carboxylic acids is 1. The van der Waals surface area contributed by atoms with E-state index in [0.717, 1.165) is 28.0 Å². The van der Waals surface area contributed by atoms with Crippen LogP contribution in [0.15, 0.2) is 66.7 Å². The molecule has 4 rings (SSSR count). The molecule has 0 bridgehead atoms. The average molecular weight is 603 g/mol. The highest BCUT2D eigenvalue weighted by Crippen LogP contribution is 2.27. The summed E-state index contributed by atoms with van der Waals surface area (Å²) in [7, 11) is 0. The monoisotopic (exact) mass is 602 g/mol. The third kappa shape index (κ3) is 6.61. The van der Waals surface area contributed by atoms with Crippen molar-refractivity contribution in [2.24, 2.45) is 0 Å². The topological polar surface area (TPSA) is 150 Å². The first kappa shape index (κ1) is 29.4. The zero-order valence-electron chi connectivity index (χ0n) is 21.0. The van der Waals surface area contributed by atoms with Crippen LogP contribution in [-0.4, -0.2) is 62.8 Å². The highest BCUT2D eigenvalue weighted by Gasteiger charge is 2.44. The molecule has 3 aromatic rings. The Labute approximate surface area is 242 Å². The number of nitrogens with one attached hydrogen (secondary N) is 1. The number of nitro groups is 1. The normalized spacial score (nSPS) is 15.3. The van der Waals surface area contributed by atoms with E-state index in [1.165, 1.54) is 48.5 Å². The lowest BCUT2D eigenvalue weighted by Crippen LogP contribution is -2.54. The number of carboxylic acid groups (broad SMARTS) is 1. The van der Waals surface area contributed by atoms with E-state index in [0.29, 0.717) is 0 Å². The Balaban J connectivity index is 1.71. The van der Waals surface area contributed by atoms with Crippen LogP contribution >= 0.6 is 23.2 Å². The predicted octanol–water partition coefficient (Wildman–Crippen LogP) is 4.30. The Hall–Kier alpha value is -4.55. The lowest BCUT2D eigenvalue weighted by molar-refractivity contribution is -0.384. The Morgan fingerprint density at radius 1 is 0.951 bits per heavy atom. The van der Waals surface area contributed by atoms with E-state index in [1.54, 1.807) is 0 Å². The van der Waals surface area contributed by atoms with Gasteiger partial charge in [-0.2, -0.15) is 0 Å². The zero-order chi connectivity index (χ0) is 29.8. The van der Waals surface area contributed by atoms with E-state index in [9.17, 15) is 38.8 Å². The molecule has 1 fully saturated rings. The second-order valence-electron chi connectivity index (χ2n) is 9.02. The lowest BCUT2D eigenvalue weighted by atomic mass is 10.0. The summed E-state index contributed by atoms with van der Waals surface area (Å²) in [5.41, 5.74) is -0.0967. The number of amides is 3. The molecule has 41 heavy (non-hydrogen) atoms. The Bertz CT molecular complexity index is 1540. The summed E-state index contributed by atoms with van der Waals surface area (Å²) in [5, 5.41) is 23.5. The number of carbonyl (C=O) groups excluding carboxylic acids is 3. The third-order valence-corrected chi connectivity index (χ3v) is 7.11. The number of carbonyl (C=O) groups is 4. The van der Waals surface area contributed by atoms with E-state index in [1.807, 2.05) is 0 Å². The Kier molecular flexibility index (Phi) is 8.84. The molecule has 1 aliphatic heterocycles. The molecular formula is C27H21Cl2FN4O7. The molecule has 0 radical (unpaired) electrons. The minimum Gasteiger partial charge on any atom is -0.481 e. The van der Waals surface area contributed by atoms with Crippen molar-refractivity contribution in [3.8, 4) is 0 Å². The fraction of sp³-hybridized carbons (Fsp3) is 0.185. The maximum Gasteiger partial charge on any atom is 0.305 e. The molecule has 2 unspecified atom stereocenters. The van der Waals surface area contributed by atoms with E-state index in [4.69, 9.17) is 23.2 Å². The van der Waals surface area contributed by atoms with Gasteiger partial charge in [0.05, 0.1) is 27.4 Å². The first-order valence-electron chi connectivity index (χ1n) is 12.1. The van der Waals surface area contributed by atoms with Gasteiger partial charge in [0.2, 0.25) is 0 Å². The van der Waals surface area contributed by atoms with Crippen LogP contribution in [0.3, 0.4) is 0 Å². The zero-order valence-corrected chi connectivity index (χ0v) is 22.5. The van der Waals surface area contributed by atoms with Crippen LogP contribution in [0, 0.1) is 15.9 Å². The SMILES string of the molecule is O=C(O)CC(NC(=O)C1N(C(=O)c2cccc([N+](=O)[O-])c2)CCN1C(=O)c1ccc(Cl)c(Cl)c1)c1ccc(F)cc1. The van der Waals surface area contributed by atoms with Crippen LogP contribution in [-0.2, 0) is 9.59 Å². The van der Waals surface area contributed by atoms with Crippen molar-refractivity contribution in [1.82, 2.24) is 15.1 Å². The summed E-state index contributed by atoms with van der Waals surface area (Å²) in [6, 6.07) is 12.7. The molecule has 0 aromatic heterocycles. The van der Waals surface area contributed by atoms with Gasteiger partial charge in [-0.05, 0) is 42.0 Å². The second-order valence-corrected chi connectivity index (χ2v) is 9.83. The minimum atomic E-state index is -1.57. The molecule has 3 aromatic carbocycles. The van der Waals surface area contributed by atoms with Gasteiger partial charge in [0.15, 0.2) is 6.17 Å². The third-order valence-electron chi connectivity index (χ3n) is 6.37. The molecule has 1 saturated heterocycles. The quantitative estimate of drug-likeness (QED) is 0.288. The van der Waals surface area contributed by atoms with Crippen molar-refractivity contribution in [2.75, 3.05) is 13.1 Å². The number of hydrogen-bond acceptors (Lipinski definition) is 6. The molecule has 1 heterocycles. The molecule has 0 saturated carbocycles. The molecular weight excluding hydrogens is 582 g/mol. The van der Waals surface area contributed by atoms with Crippen LogP contribution in [0.2, 0.25) is 10.0 Å². The molecule has 0 spiro atoms. The molecule has 2 N–H and O–H groups in total. The van der Waals surface area contributed by atoms with Gasteiger partial charge in [-0.25, -0.2) is 4.39 Å².